The second kappa shape index (κ2) is 8.69. The minimum atomic E-state index is -3.42. The predicted molar refractivity (Wildman–Crippen MR) is 103 cm³/mol. The molecule has 0 aromatic heterocycles. The van der Waals surface area contributed by atoms with Gasteiger partial charge in [0.2, 0.25) is 15.9 Å². The third-order valence-corrected chi connectivity index (χ3v) is 6.67. The lowest BCUT2D eigenvalue weighted by Gasteiger charge is -2.21. The van der Waals surface area contributed by atoms with Gasteiger partial charge in [0.25, 0.3) is 0 Å². The first-order chi connectivity index (χ1) is 11.4. The van der Waals surface area contributed by atoms with Crippen LogP contribution in [-0.2, 0) is 21.2 Å². The zero-order chi connectivity index (χ0) is 17.7. The Balaban J connectivity index is 2.08. The van der Waals surface area contributed by atoms with E-state index in [1.54, 1.807) is 18.7 Å². The Morgan fingerprint density at radius 3 is 2.88 bits per heavy atom. The number of halogens is 1. The monoisotopic (exact) mass is 434 g/mol. The summed E-state index contributed by atoms with van der Waals surface area (Å²) in [6, 6.07) is 5.29. The van der Waals surface area contributed by atoms with Gasteiger partial charge in [-0.05, 0) is 61.5 Å². The number of carbonyl (C=O) groups excluding carboxylic acids is 1. The largest absolute Gasteiger partial charge is 0.348 e. The summed E-state index contributed by atoms with van der Waals surface area (Å²) in [6.45, 7) is 1.57. The maximum absolute atomic E-state index is 12.6. The molecule has 1 aliphatic carbocycles. The second-order valence-electron chi connectivity index (χ2n) is 5.80. The molecule has 134 valence electrons. The van der Waals surface area contributed by atoms with Gasteiger partial charge in [-0.2, -0.15) is 11.8 Å². The van der Waals surface area contributed by atoms with Gasteiger partial charge in [0, 0.05) is 4.47 Å². The van der Waals surface area contributed by atoms with Crippen molar-refractivity contribution in [3.05, 3.63) is 33.8 Å². The molecular formula is C16H23BrN2O3S2. The van der Waals surface area contributed by atoms with Crippen LogP contribution in [0.4, 0.5) is 0 Å². The van der Waals surface area contributed by atoms with Crippen LogP contribution in [-0.4, -0.2) is 38.1 Å². The molecule has 5 nitrogen and oxygen atoms in total. The van der Waals surface area contributed by atoms with Crippen molar-refractivity contribution < 1.29 is 13.2 Å². The lowest BCUT2D eigenvalue weighted by Crippen LogP contribution is -2.48. The molecule has 1 aromatic rings. The summed E-state index contributed by atoms with van der Waals surface area (Å²) in [5.74, 6) is 0.441. The summed E-state index contributed by atoms with van der Waals surface area (Å²) in [7, 11) is -3.42. The van der Waals surface area contributed by atoms with E-state index in [4.69, 9.17) is 0 Å². The third-order valence-electron chi connectivity index (χ3n) is 4.13. The van der Waals surface area contributed by atoms with Crippen LogP contribution < -0.4 is 10.0 Å². The van der Waals surface area contributed by atoms with E-state index >= 15 is 0 Å². The molecule has 24 heavy (non-hydrogen) atoms. The number of amides is 1. The zero-order valence-electron chi connectivity index (χ0n) is 13.8. The zero-order valence-corrected chi connectivity index (χ0v) is 17.1. The smallest absolute Gasteiger partial charge is 0.238 e. The molecule has 2 N–H and O–H groups in total. The summed E-state index contributed by atoms with van der Waals surface area (Å²) >= 11 is 5.06. The van der Waals surface area contributed by atoms with Crippen LogP contribution in [0.15, 0.2) is 22.7 Å². The fourth-order valence-electron chi connectivity index (χ4n) is 2.79. The Labute approximate surface area is 156 Å². The van der Waals surface area contributed by atoms with Gasteiger partial charge < -0.3 is 5.32 Å². The first-order valence-corrected chi connectivity index (χ1v) is 11.8. The number of hydrogen-bond acceptors (Lipinski definition) is 4. The number of hydrogen-bond donors (Lipinski definition) is 2. The molecule has 0 fully saturated rings. The Hall–Kier alpha value is -0.570. The number of aryl methyl sites for hydroxylation is 1. The maximum Gasteiger partial charge on any atom is 0.238 e. The fraction of sp³-hybridized carbons (Fsp3) is 0.562. The minimum absolute atomic E-state index is 0.0314. The summed E-state index contributed by atoms with van der Waals surface area (Å²) in [5.41, 5.74) is 2.35. The van der Waals surface area contributed by atoms with E-state index < -0.39 is 16.1 Å². The molecule has 8 heteroatoms. The molecule has 1 aliphatic rings. The molecular weight excluding hydrogens is 412 g/mol. The van der Waals surface area contributed by atoms with Crippen LogP contribution in [0.2, 0.25) is 0 Å². The van der Waals surface area contributed by atoms with Crippen molar-refractivity contribution in [1.29, 1.82) is 0 Å². The van der Waals surface area contributed by atoms with Gasteiger partial charge in [-0.3, -0.25) is 4.79 Å². The molecule has 0 heterocycles. The highest BCUT2D eigenvalue weighted by molar-refractivity contribution is 9.10. The van der Waals surface area contributed by atoms with Crippen LogP contribution in [0.5, 0.6) is 0 Å². The average molecular weight is 435 g/mol. The topological polar surface area (TPSA) is 75.3 Å². The predicted octanol–water partition coefficient (Wildman–Crippen LogP) is 2.61. The van der Waals surface area contributed by atoms with Crippen LogP contribution in [0.1, 0.15) is 36.9 Å². The van der Waals surface area contributed by atoms with Gasteiger partial charge in [0.05, 0.1) is 11.8 Å². The quantitative estimate of drug-likeness (QED) is 0.659. The van der Waals surface area contributed by atoms with Crippen LogP contribution in [0.25, 0.3) is 0 Å². The maximum atomic E-state index is 12.6. The normalized spacial score (nSPS) is 18.2. The van der Waals surface area contributed by atoms with E-state index in [9.17, 15) is 13.2 Å². The van der Waals surface area contributed by atoms with Crippen molar-refractivity contribution in [3.8, 4) is 0 Å². The molecule has 2 rings (SSSR count). The first-order valence-electron chi connectivity index (χ1n) is 7.94. The SMILES string of the molecule is CCS(=O)(=O)NC(CCSC)C(=O)NC1CCc2cc(Br)ccc21. The molecule has 0 saturated carbocycles. The number of benzene rings is 1. The Morgan fingerprint density at radius 1 is 1.46 bits per heavy atom. The third kappa shape index (κ3) is 5.21. The number of fused-ring (bicyclic) bond motifs is 1. The lowest BCUT2D eigenvalue weighted by atomic mass is 10.1. The molecule has 0 spiro atoms. The highest BCUT2D eigenvalue weighted by Crippen LogP contribution is 2.33. The van der Waals surface area contributed by atoms with Crippen LogP contribution in [0, 0.1) is 0 Å². The van der Waals surface area contributed by atoms with Crippen LogP contribution >= 0.6 is 27.7 Å². The number of carbonyl (C=O) groups is 1. The second-order valence-corrected chi connectivity index (χ2v) is 9.74. The van der Waals surface area contributed by atoms with Gasteiger partial charge in [-0.25, -0.2) is 13.1 Å². The molecule has 1 aromatic carbocycles. The van der Waals surface area contributed by atoms with Crippen molar-refractivity contribution in [2.45, 2.75) is 38.3 Å². The molecule has 0 aliphatic heterocycles. The molecule has 2 unspecified atom stereocenters. The van der Waals surface area contributed by atoms with Gasteiger partial charge in [0.15, 0.2) is 0 Å². The van der Waals surface area contributed by atoms with Gasteiger partial charge in [-0.15, -0.1) is 0 Å². The van der Waals surface area contributed by atoms with Crippen molar-refractivity contribution in [2.24, 2.45) is 0 Å². The van der Waals surface area contributed by atoms with E-state index in [1.165, 1.54) is 5.56 Å². The Bertz CT molecular complexity index is 695. The van der Waals surface area contributed by atoms with Crippen molar-refractivity contribution in [2.75, 3.05) is 17.8 Å². The molecule has 1 amide bonds. The average Bonchev–Trinajstić information content (AvgIpc) is 2.93. The minimum Gasteiger partial charge on any atom is -0.348 e. The van der Waals surface area contributed by atoms with Crippen molar-refractivity contribution >= 4 is 43.6 Å². The fourth-order valence-corrected chi connectivity index (χ4v) is 4.49. The van der Waals surface area contributed by atoms with Crippen molar-refractivity contribution in [1.82, 2.24) is 10.0 Å². The number of rotatable bonds is 8. The number of sulfonamides is 1. The highest BCUT2D eigenvalue weighted by Gasteiger charge is 2.28. The first kappa shape index (κ1) is 19.8. The van der Waals surface area contributed by atoms with Gasteiger partial charge in [0.1, 0.15) is 6.04 Å². The van der Waals surface area contributed by atoms with E-state index in [1.807, 2.05) is 18.4 Å². The summed E-state index contributed by atoms with van der Waals surface area (Å²) < 4.78 is 27.2. The van der Waals surface area contributed by atoms with E-state index in [0.717, 1.165) is 28.6 Å². The van der Waals surface area contributed by atoms with Gasteiger partial charge >= 0.3 is 0 Å². The molecule has 0 radical (unpaired) electrons. The van der Waals surface area contributed by atoms with E-state index in [0.29, 0.717) is 6.42 Å². The standard InChI is InChI=1S/C16H23BrN2O3S2/c1-3-24(21,22)19-15(8-9-23-2)16(20)18-14-7-4-11-10-12(17)5-6-13(11)14/h5-6,10,14-15,19H,3-4,7-9H2,1-2H3,(H,18,20). The summed E-state index contributed by atoms with van der Waals surface area (Å²) in [5, 5.41) is 3.02. The van der Waals surface area contributed by atoms with Crippen LogP contribution in [0.3, 0.4) is 0 Å². The molecule has 0 bridgehead atoms. The van der Waals surface area contributed by atoms with E-state index in [-0.39, 0.29) is 17.7 Å². The molecule has 2 atom stereocenters. The summed E-state index contributed by atoms with van der Waals surface area (Å²) in [4.78, 5) is 12.6. The summed E-state index contributed by atoms with van der Waals surface area (Å²) in [6.07, 6.45) is 4.17. The number of thioether (sulfide) groups is 1. The highest BCUT2D eigenvalue weighted by atomic mass is 79.9. The Kier molecular flexibility index (Phi) is 7.15. The lowest BCUT2D eigenvalue weighted by molar-refractivity contribution is -0.123. The molecule has 0 saturated heterocycles. The van der Waals surface area contributed by atoms with E-state index in [2.05, 4.69) is 32.0 Å². The number of nitrogens with one attached hydrogen (secondary N) is 2. The van der Waals surface area contributed by atoms with Crippen molar-refractivity contribution in [3.63, 3.8) is 0 Å². The Morgan fingerprint density at radius 2 is 2.21 bits per heavy atom. The van der Waals surface area contributed by atoms with Gasteiger partial charge in [-0.1, -0.05) is 22.0 Å².